The van der Waals surface area contributed by atoms with E-state index < -0.39 is 11.8 Å². The second kappa shape index (κ2) is 5.05. The van der Waals surface area contributed by atoms with Crippen molar-refractivity contribution in [2.75, 3.05) is 25.6 Å². The van der Waals surface area contributed by atoms with Gasteiger partial charge in [0.05, 0.1) is 32.0 Å². The Labute approximate surface area is 104 Å². The van der Waals surface area contributed by atoms with E-state index in [1.54, 1.807) is 13.1 Å². The predicted molar refractivity (Wildman–Crippen MR) is 64.1 cm³/mol. The molecule has 0 spiro atoms. The third kappa shape index (κ3) is 2.12. The molecule has 2 rings (SSSR count). The standard InChI is InChI=1S/C11H17N3O4/c1-6-2-14(11(17)13-10(6)12)8-5-18-9(4-16)7(8)3-15/h2,7-9,15-16H,3-5H2,1H3,(H2,12,13,17)/t7-,8+,9+/m0/s1. The molecule has 1 fully saturated rings. The summed E-state index contributed by atoms with van der Waals surface area (Å²) in [6.45, 7) is 1.68. The highest BCUT2D eigenvalue weighted by molar-refractivity contribution is 5.35. The molecule has 2 heterocycles. The number of nitrogen functional groups attached to an aromatic ring is 1. The van der Waals surface area contributed by atoms with Gasteiger partial charge in [0, 0.05) is 17.7 Å². The first-order valence-electron chi connectivity index (χ1n) is 5.77. The van der Waals surface area contributed by atoms with Crippen LogP contribution in [0.25, 0.3) is 0 Å². The van der Waals surface area contributed by atoms with Gasteiger partial charge >= 0.3 is 5.69 Å². The van der Waals surface area contributed by atoms with Gasteiger partial charge in [0.1, 0.15) is 5.82 Å². The molecule has 0 aromatic carbocycles. The van der Waals surface area contributed by atoms with Gasteiger partial charge in [0.25, 0.3) is 0 Å². The predicted octanol–water partition coefficient (Wildman–Crippen LogP) is -1.33. The number of aromatic nitrogens is 2. The topological polar surface area (TPSA) is 111 Å². The lowest BCUT2D eigenvalue weighted by molar-refractivity contribution is 0.0268. The molecule has 3 atom stereocenters. The van der Waals surface area contributed by atoms with E-state index in [1.807, 2.05) is 0 Å². The number of aliphatic hydroxyl groups is 2. The number of hydrogen-bond donors (Lipinski definition) is 3. The SMILES string of the molecule is Cc1cn([C@@H]2CO[C@H](CO)[C@H]2CO)c(=O)nc1N. The smallest absolute Gasteiger partial charge is 0.349 e. The van der Waals surface area contributed by atoms with Crippen molar-refractivity contribution in [3.63, 3.8) is 0 Å². The first-order valence-corrected chi connectivity index (χ1v) is 5.77. The fraction of sp³-hybridized carbons (Fsp3) is 0.636. The molecule has 7 heteroatoms. The lowest BCUT2D eigenvalue weighted by Crippen LogP contribution is -2.35. The molecule has 1 aromatic heterocycles. The lowest BCUT2D eigenvalue weighted by Gasteiger charge is -2.21. The van der Waals surface area contributed by atoms with Gasteiger partial charge in [-0.25, -0.2) is 4.79 Å². The van der Waals surface area contributed by atoms with Crippen molar-refractivity contribution in [3.8, 4) is 0 Å². The van der Waals surface area contributed by atoms with E-state index >= 15 is 0 Å². The zero-order valence-electron chi connectivity index (χ0n) is 10.1. The molecule has 1 aromatic rings. The van der Waals surface area contributed by atoms with Crippen LogP contribution in [-0.4, -0.2) is 45.7 Å². The van der Waals surface area contributed by atoms with Gasteiger partial charge in [-0.05, 0) is 6.92 Å². The highest BCUT2D eigenvalue weighted by Gasteiger charge is 2.38. The van der Waals surface area contributed by atoms with Crippen LogP contribution < -0.4 is 11.4 Å². The summed E-state index contributed by atoms with van der Waals surface area (Å²) in [6, 6.07) is -0.327. The molecule has 0 aliphatic carbocycles. The Morgan fingerprint density at radius 1 is 1.56 bits per heavy atom. The minimum atomic E-state index is -0.469. The third-order valence-corrected chi connectivity index (χ3v) is 3.37. The summed E-state index contributed by atoms with van der Waals surface area (Å²) in [5.41, 5.74) is 5.79. The summed E-state index contributed by atoms with van der Waals surface area (Å²) in [5, 5.41) is 18.5. The largest absolute Gasteiger partial charge is 0.396 e. The van der Waals surface area contributed by atoms with Crippen LogP contribution in [0.5, 0.6) is 0 Å². The molecular formula is C11H17N3O4. The van der Waals surface area contributed by atoms with Crippen LogP contribution in [0.3, 0.4) is 0 Å². The van der Waals surface area contributed by atoms with Crippen LogP contribution in [-0.2, 0) is 4.74 Å². The van der Waals surface area contributed by atoms with Gasteiger partial charge in [-0.15, -0.1) is 0 Å². The first-order chi connectivity index (χ1) is 8.58. The Kier molecular flexibility index (Phi) is 3.65. The monoisotopic (exact) mass is 255 g/mol. The van der Waals surface area contributed by atoms with Crippen molar-refractivity contribution in [2.45, 2.75) is 19.1 Å². The average Bonchev–Trinajstić information content (AvgIpc) is 2.76. The highest BCUT2D eigenvalue weighted by atomic mass is 16.5. The molecule has 0 radical (unpaired) electrons. The lowest BCUT2D eigenvalue weighted by atomic mass is 9.98. The second-order valence-corrected chi connectivity index (χ2v) is 4.47. The summed E-state index contributed by atoms with van der Waals surface area (Å²) in [7, 11) is 0. The van der Waals surface area contributed by atoms with Crippen LogP contribution in [0.4, 0.5) is 5.82 Å². The molecule has 0 unspecified atom stereocenters. The molecule has 1 aliphatic heterocycles. The average molecular weight is 255 g/mol. The Morgan fingerprint density at radius 2 is 2.28 bits per heavy atom. The molecule has 1 saturated heterocycles. The molecule has 4 N–H and O–H groups in total. The highest BCUT2D eigenvalue weighted by Crippen LogP contribution is 2.30. The number of nitrogens with two attached hydrogens (primary N) is 1. The molecule has 18 heavy (non-hydrogen) atoms. The minimum Gasteiger partial charge on any atom is -0.396 e. The van der Waals surface area contributed by atoms with Gasteiger partial charge < -0.3 is 20.7 Å². The zero-order valence-corrected chi connectivity index (χ0v) is 10.1. The molecule has 0 bridgehead atoms. The number of aryl methyl sites for hydroxylation is 1. The zero-order chi connectivity index (χ0) is 13.3. The molecule has 0 amide bonds. The maximum atomic E-state index is 11.8. The molecular weight excluding hydrogens is 238 g/mol. The number of aliphatic hydroxyl groups excluding tert-OH is 2. The Balaban J connectivity index is 2.37. The maximum absolute atomic E-state index is 11.8. The summed E-state index contributed by atoms with van der Waals surface area (Å²) in [6.07, 6.45) is 1.16. The minimum absolute atomic E-state index is 0.161. The fourth-order valence-corrected chi connectivity index (χ4v) is 2.25. The second-order valence-electron chi connectivity index (χ2n) is 4.47. The van der Waals surface area contributed by atoms with Gasteiger partial charge in [-0.3, -0.25) is 4.57 Å². The number of nitrogens with zero attached hydrogens (tertiary/aromatic N) is 2. The quantitative estimate of drug-likeness (QED) is 0.617. The van der Waals surface area contributed by atoms with Crippen molar-refractivity contribution in [3.05, 3.63) is 22.2 Å². The van der Waals surface area contributed by atoms with Crippen LogP contribution in [0.2, 0.25) is 0 Å². The van der Waals surface area contributed by atoms with E-state index in [-0.39, 0.29) is 37.6 Å². The van der Waals surface area contributed by atoms with Crippen LogP contribution in [0.15, 0.2) is 11.0 Å². The Hall–Kier alpha value is -1.44. The summed E-state index contributed by atoms with van der Waals surface area (Å²) < 4.78 is 6.79. The van der Waals surface area contributed by atoms with Gasteiger partial charge in [0.2, 0.25) is 0 Å². The number of hydrogen-bond acceptors (Lipinski definition) is 6. The van der Waals surface area contributed by atoms with Crippen molar-refractivity contribution < 1.29 is 14.9 Å². The molecule has 100 valence electrons. The molecule has 1 aliphatic rings. The number of rotatable bonds is 3. The van der Waals surface area contributed by atoms with Crippen LogP contribution in [0, 0.1) is 12.8 Å². The van der Waals surface area contributed by atoms with E-state index in [9.17, 15) is 9.90 Å². The van der Waals surface area contributed by atoms with Crippen molar-refractivity contribution >= 4 is 5.82 Å². The Morgan fingerprint density at radius 3 is 2.89 bits per heavy atom. The fourth-order valence-electron chi connectivity index (χ4n) is 2.25. The summed E-state index contributed by atoms with van der Waals surface area (Å²) >= 11 is 0. The van der Waals surface area contributed by atoms with E-state index in [0.717, 1.165) is 0 Å². The normalized spacial score (nSPS) is 27.6. The van der Waals surface area contributed by atoms with E-state index in [1.165, 1.54) is 4.57 Å². The van der Waals surface area contributed by atoms with Crippen molar-refractivity contribution in [1.82, 2.24) is 9.55 Å². The third-order valence-electron chi connectivity index (χ3n) is 3.37. The van der Waals surface area contributed by atoms with Crippen molar-refractivity contribution in [1.29, 1.82) is 0 Å². The molecule has 7 nitrogen and oxygen atoms in total. The molecule has 0 saturated carbocycles. The van der Waals surface area contributed by atoms with Gasteiger partial charge in [-0.2, -0.15) is 4.98 Å². The summed E-state index contributed by atoms with van der Waals surface area (Å²) in [5.74, 6) is -0.119. The number of ether oxygens (including phenoxy) is 1. The van der Waals surface area contributed by atoms with Gasteiger partial charge in [-0.1, -0.05) is 0 Å². The number of anilines is 1. The van der Waals surface area contributed by atoms with Crippen LogP contribution in [0.1, 0.15) is 11.6 Å². The van der Waals surface area contributed by atoms with Gasteiger partial charge in [0.15, 0.2) is 0 Å². The van der Waals surface area contributed by atoms with Crippen molar-refractivity contribution in [2.24, 2.45) is 5.92 Å². The summed E-state index contributed by atoms with van der Waals surface area (Å²) in [4.78, 5) is 15.5. The van der Waals surface area contributed by atoms with E-state index in [4.69, 9.17) is 15.6 Å². The first kappa shape index (κ1) is 13.0. The maximum Gasteiger partial charge on any atom is 0.349 e. The Bertz CT molecular complexity index is 488. The van der Waals surface area contributed by atoms with E-state index in [2.05, 4.69) is 4.98 Å². The van der Waals surface area contributed by atoms with Crippen LogP contribution >= 0.6 is 0 Å². The van der Waals surface area contributed by atoms with E-state index in [0.29, 0.717) is 5.56 Å².